The molecule has 25 heavy (non-hydrogen) atoms. The number of hydrogen-bond acceptors (Lipinski definition) is 3. The molecule has 0 saturated heterocycles. The van der Waals surface area contributed by atoms with Crippen LogP contribution in [0.25, 0.3) is 0 Å². The molecule has 0 aromatic heterocycles. The van der Waals surface area contributed by atoms with Gasteiger partial charge < -0.3 is 16.0 Å². The van der Waals surface area contributed by atoms with Crippen LogP contribution in [-0.4, -0.2) is 24.4 Å². The second-order valence-corrected chi connectivity index (χ2v) is 6.49. The highest BCUT2D eigenvalue weighted by molar-refractivity contribution is 5.96. The van der Waals surface area contributed by atoms with Crippen LogP contribution in [0.2, 0.25) is 0 Å². The molecule has 0 aliphatic heterocycles. The van der Waals surface area contributed by atoms with Gasteiger partial charge in [-0.1, -0.05) is 12.1 Å². The molecular formula is C20H25N3O2. The van der Waals surface area contributed by atoms with E-state index < -0.39 is 0 Å². The Morgan fingerprint density at radius 2 is 1.64 bits per heavy atom. The molecule has 5 nitrogen and oxygen atoms in total. The van der Waals surface area contributed by atoms with Gasteiger partial charge in [-0.25, -0.2) is 0 Å². The molecular weight excluding hydrogens is 314 g/mol. The van der Waals surface area contributed by atoms with Crippen LogP contribution in [0.1, 0.15) is 35.3 Å². The van der Waals surface area contributed by atoms with Gasteiger partial charge >= 0.3 is 0 Å². The smallest absolute Gasteiger partial charge is 0.251 e. The van der Waals surface area contributed by atoms with E-state index in [0.717, 1.165) is 22.5 Å². The van der Waals surface area contributed by atoms with Crippen molar-refractivity contribution >= 4 is 23.2 Å². The Labute approximate surface area is 148 Å². The molecule has 2 rings (SSSR count). The second-order valence-electron chi connectivity index (χ2n) is 6.49. The van der Waals surface area contributed by atoms with Crippen molar-refractivity contribution in [3.05, 3.63) is 59.2 Å². The maximum Gasteiger partial charge on any atom is 0.251 e. The summed E-state index contributed by atoms with van der Waals surface area (Å²) in [5.74, 6) is -0.264. The number of nitrogens with one attached hydrogen (secondary N) is 3. The lowest BCUT2D eigenvalue weighted by molar-refractivity contribution is -0.114. The number of rotatable bonds is 6. The molecule has 3 N–H and O–H groups in total. The Morgan fingerprint density at radius 3 is 2.28 bits per heavy atom. The molecule has 0 radical (unpaired) electrons. The summed E-state index contributed by atoms with van der Waals surface area (Å²) >= 11 is 0. The molecule has 0 saturated carbocycles. The number of amides is 2. The molecule has 0 unspecified atom stereocenters. The summed E-state index contributed by atoms with van der Waals surface area (Å²) in [6, 6.07) is 13.1. The van der Waals surface area contributed by atoms with Gasteiger partial charge in [0.2, 0.25) is 5.91 Å². The first-order chi connectivity index (χ1) is 11.8. The summed E-state index contributed by atoms with van der Waals surface area (Å²) in [6.45, 7) is 7.94. The zero-order valence-electron chi connectivity index (χ0n) is 15.1. The van der Waals surface area contributed by atoms with E-state index in [0.29, 0.717) is 5.56 Å². The zero-order chi connectivity index (χ0) is 18.4. The van der Waals surface area contributed by atoms with Crippen LogP contribution in [0.15, 0.2) is 42.5 Å². The Bertz CT molecular complexity index is 749. The molecule has 0 aliphatic carbocycles. The molecule has 2 aromatic rings. The zero-order valence-corrected chi connectivity index (χ0v) is 15.1. The summed E-state index contributed by atoms with van der Waals surface area (Å²) in [5, 5.41) is 8.78. The van der Waals surface area contributed by atoms with Crippen LogP contribution in [0.4, 0.5) is 11.4 Å². The molecule has 0 atom stereocenters. The minimum absolute atomic E-state index is 0.0766. The van der Waals surface area contributed by atoms with Crippen molar-refractivity contribution in [2.24, 2.45) is 0 Å². The monoisotopic (exact) mass is 339 g/mol. The third-order valence-electron chi connectivity index (χ3n) is 3.50. The van der Waals surface area contributed by atoms with Crippen molar-refractivity contribution in [1.82, 2.24) is 5.32 Å². The largest absolute Gasteiger partial charge is 0.376 e. The number of anilines is 2. The average molecular weight is 339 g/mol. The van der Waals surface area contributed by atoms with Crippen molar-refractivity contribution in [1.29, 1.82) is 0 Å². The maximum atomic E-state index is 12.1. The number of hydrogen-bond donors (Lipinski definition) is 3. The van der Waals surface area contributed by atoms with Gasteiger partial charge in [0.15, 0.2) is 0 Å². The quantitative estimate of drug-likeness (QED) is 0.754. The van der Waals surface area contributed by atoms with E-state index in [1.165, 1.54) is 0 Å². The Kier molecular flexibility index (Phi) is 6.17. The van der Waals surface area contributed by atoms with E-state index in [2.05, 4.69) is 22.0 Å². The van der Waals surface area contributed by atoms with E-state index in [4.69, 9.17) is 0 Å². The van der Waals surface area contributed by atoms with Gasteiger partial charge in [0.25, 0.3) is 5.91 Å². The standard InChI is InChI=1S/C20H25N3O2/c1-13(2)22-20(25)16-6-5-7-17(11-16)21-12-19(24)23-18-9-14(3)8-15(4)10-18/h5-11,13,21H,12H2,1-4H3,(H,22,25)(H,23,24). The predicted molar refractivity (Wildman–Crippen MR) is 102 cm³/mol. The number of benzene rings is 2. The van der Waals surface area contributed by atoms with Gasteiger partial charge in [0.1, 0.15) is 0 Å². The van der Waals surface area contributed by atoms with Crippen LogP contribution >= 0.6 is 0 Å². The third kappa shape index (κ3) is 5.95. The van der Waals surface area contributed by atoms with Gasteiger partial charge in [-0.05, 0) is 69.2 Å². The lowest BCUT2D eigenvalue weighted by Crippen LogP contribution is -2.30. The molecule has 0 aliphatic rings. The molecule has 0 bridgehead atoms. The van der Waals surface area contributed by atoms with Crippen molar-refractivity contribution in [2.75, 3.05) is 17.2 Å². The minimum Gasteiger partial charge on any atom is -0.376 e. The number of aryl methyl sites for hydroxylation is 2. The number of carbonyl (C=O) groups excluding carboxylic acids is 2. The molecule has 2 amide bonds. The van der Waals surface area contributed by atoms with Crippen LogP contribution in [-0.2, 0) is 4.79 Å². The lowest BCUT2D eigenvalue weighted by atomic mass is 10.1. The van der Waals surface area contributed by atoms with Crippen LogP contribution < -0.4 is 16.0 Å². The summed E-state index contributed by atoms with van der Waals surface area (Å²) in [7, 11) is 0. The maximum absolute atomic E-state index is 12.1. The first-order valence-electron chi connectivity index (χ1n) is 8.36. The topological polar surface area (TPSA) is 70.2 Å². The molecule has 0 fully saturated rings. The van der Waals surface area contributed by atoms with Gasteiger partial charge in [0.05, 0.1) is 6.54 Å². The molecule has 5 heteroatoms. The summed E-state index contributed by atoms with van der Waals surface area (Å²) in [5.41, 5.74) is 4.29. The van der Waals surface area contributed by atoms with E-state index >= 15 is 0 Å². The van der Waals surface area contributed by atoms with Crippen molar-refractivity contribution in [3.8, 4) is 0 Å². The molecule has 0 spiro atoms. The van der Waals surface area contributed by atoms with Gasteiger partial charge in [-0.2, -0.15) is 0 Å². The SMILES string of the molecule is Cc1cc(C)cc(NC(=O)CNc2cccc(C(=O)NC(C)C)c2)c1. The summed E-state index contributed by atoms with van der Waals surface area (Å²) < 4.78 is 0. The highest BCUT2D eigenvalue weighted by atomic mass is 16.2. The summed E-state index contributed by atoms with van der Waals surface area (Å²) in [6.07, 6.45) is 0. The first-order valence-corrected chi connectivity index (χ1v) is 8.36. The van der Waals surface area contributed by atoms with Crippen LogP contribution in [0.5, 0.6) is 0 Å². The fourth-order valence-corrected chi connectivity index (χ4v) is 2.55. The minimum atomic E-state index is -0.137. The highest BCUT2D eigenvalue weighted by Crippen LogP contribution is 2.14. The van der Waals surface area contributed by atoms with Crippen LogP contribution in [0, 0.1) is 13.8 Å². The van der Waals surface area contributed by atoms with Crippen molar-refractivity contribution < 1.29 is 9.59 Å². The van der Waals surface area contributed by atoms with E-state index in [9.17, 15) is 9.59 Å². The summed E-state index contributed by atoms with van der Waals surface area (Å²) in [4.78, 5) is 24.2. The van der Waals surface area contributed by atoms with Gasteiger partial charge in [-0.15, -0.1) is 0 Å². The van der Waals surface area contributed by atoms with Crippen molar-refractivity contribution in [2.45, 2.75) is 33.7 Å². The second kappa shape index (κ2) is 8.33. The molecule has 132 valence electrons. The Morgan fingerprint density at radius 1 is 0.960 bits per heavy atom. The molecule has 0 heterocycles. The highest BCUT2D eigenvalue weighted by Gasteiger charge is 2.08. The van der Waals surface area contributed by atoms with Crippen LogP contribution in [0.3, 0.4) is 0 Å². The van der Waals surface area contributed by atoms with Gasteiger partial charge in [0, 0.05) is 23.0 Å². The Hall–Kier alpha value is -2.82. The van der Waals surface area contributed by atoms with Crippen molar-refractivity contribution in [3.63, 3.8) is 0 Å². The molecule has 2 aromatic carbocycles. The number of carbonyl (C=O) groups is 2. The fraction of sp³-hybridized carbons (Fsp3) is 0.300. The average Bonchev–Trinajstić information content (AvgIpc) is 2.51. The lowest BCUT2D eigenvalue weighted by Gasteiger charge is -2.11. The van der Waals surface area contributed by atoms with E-state index in [-0.39, 0.29) is 24.4 Å². The Balaban J connectivity index is 1.94. The fourth-order valence-electron chi connectivity index (χ4n) is 2.55. The third-order valence-corrected chi connectivity index (χ3v) is 3.50. The van der Waals surface area contributed by atoms with E-state index in [1.807, 2.05) is 45.9 Å². The van der Waals surface area contributed by atoms with E-state index in [1.54, 1.807) is 18.2 Å². The predicted octanol–water partition coefficient (Wildman–Crippen LogP) is 3.49. The van der Waals surface area contributed by atoms with Gasteiger partial charge in [-0.3, -0.25) is 9.59 Å². The first kappa shape index (κ1) is 18.5. The normalized spacial score (nSPS) is 10.4.